The second-order valence-corrected chi connectivity index (χ2v) is 3.40. The SMILES string of the molecule is C#CC(CCC)NC(=O)c1c[nH]ccc1=O. The van der Waals surface area contributed by atoms with Crippen molar-refractivity contribution in [2.24, 2.45) is 0 Å². The predicted molar refractivity (Wildman–Crippen MR) is 62.1 cm³/mol. The maximum atomic E-state index is 11.7. The van der Waals surface area contributed by atoms with Crippen LogP contribution in [0, 0.1) is 12.3 Å². The number of carbonyl (C=O) groups is 1. The number of hydrogen-bond donors (Lipinski definition) is 2. The summed E-state index contributed by atoms with van der Waals surface area (Å²) in [5.41, 5.74) is -0.234. The van der Waals surface area contributed by atoms with Gasteiger partial charge in [0, 0.05) is 18.5 Å². The van der Waals surface area contributed by atoms with Crippen LogP contribution in [-0.4, -0.2) is 16.9 Å². The number of pyridine rings is 1. The van der Waals surface area contributed by atoms with Crippen molar-refractivity contribution in [3.8, 4) is 12.3 Å². The molecule has 0 bridgehead atoms. The summed E-state index contributed by atoms with van der Waals surface area (Å²) in [6.45, 7) is 1.98. The fourth-order valence-electron chi connectivity index (χ4n) is 1.32. The third-order valence-electron chi connectivity index (χ3n) is 2.15. The fourth-order valence-corrected chi connectivity index (χ4v) is 1.32. The number of hydrogen-bond acceptors (Lipinski definition) is 2. The topological polar surface area (TPSA) is 62.0 Å². The summed E-state index contributed by atoms with van der Waals surface area (Å²) in [4.78, 5) is 25.7. The van der Waals surface area contributed by atoms with Gasteiger partial charge in [-0.05, 0) is 6.42 Å². The summed E-state index contributed by atoms with van der Waals surface area (Å²) >= 11 is 0. The van der Waals surface area contributed by atoms with Gasteiger partial charge in [-0.15, -0.1) is 6.42 Å². The second kappa shape index (κ2) is 5.76. The Kier molecular flexibility index (Phi) is 4.34. The van der Waals surface area contributed by atoms with E-state index in [0.717, 1.165) is 6.42 Å². The maximum Gasteiger partial charge on any atom is 0.257 e. The monoisotopic (exact) mass is 218 g/mol. The Bertz CT molecular complexity index is 457. The summed E-state index contributed by atoms with van der Waals surface area (Å²) < 4.78 is 0. The highest BCUT2D eigenvalue weighted by Gasteiger charge is 2.12. The molecule has 0 saturated carbocycles. The molecule has 4 heteroatoms. The van der Waals surface area contributed by atoms with E-state index < -0.39 is 5.91 Å². The van der Waals surface area contributed by atoms with Crippen LogP contribution in [-0.2, 0) is 0 Å². The van der Waals surface area contributed by atoms with E-state index in [4.69, 9.17) is 6.42 Å². The lowest BCUT2D eigenvalue weighted by molar-refractivity contribution is 0.0943. The largest absolute Gasteiger partial charge is 0.367 e. The van der Waals surface area contributed by atoms with E-state index in [2.05, 4.69) is 16.2 Å². The molecule has 1 unspecified atom stereocenters. The molecule has 0 spiro atoms. The molecule has 0 radical (unpaired) electrons. The summed E-state index contributed by atoms with van der Waals surface area (Å²) in [5, 5.41) is 2.63. The van der Waals surface area contributed by atoms with E-state index in [1.54, 1.807) is 0 Å². The minimum atomic E-state index is -0.432. The Balaban J connectivity index is 2.77. The zero-order valence-electron chi connectivity index (χ0n) is 9.12. The molecule has 2 N–H and O–H groups in total. The number of H-pyrrole nitrogens is 1. The second-order valence-electron chi connectivity index (χ2n) is 3.40. The molecular formula is C12H14N2O2. The molecule has 1 aromatic heterocycles. The van der Waals surface area contributed by atoms with Crippen LogP contribution < -0.4 is 10.7 Å². The molecule has 1 aromatic rings. The molecule has 1 heterocycles. The van der Waals surface area contributed by atoms with Crippen molar-refractivity contribution >= 4 is 5.91 Å². The van der Waals surface area contributed by atoms with Crippen molar-refractivity contribution in [1.29, 1.82) is 0 Å². The van der Waals surface area contributed by atoms with E-state index in [1.165, 1.54) is 18.5 Å². The van der Waals surface area contributed by atoms with Crippen LogP contribution in [0.15, 0.2) is 23.3 Å². The Hall–Kier alpha value is -2.02. The van der Waals surface area contributed by atoms with Crippen LogP contribution >= 0.6 is 0 Å². The number of rotatable bonds is 4. The van der Waals surface area contributed by atoms with Crippen molar-refractivity contribution in [2.75, 3.05) is 0 Å². The highest BCUT2D eigenvalue weighted by Crippen LogP contribution is 1.97. The van der Waals surface area contributed by atoms with E-state index >= 15 is 0 Å². The van der Waals surface area contributed by atoms with Crippen LogP contribution in [0.25, 0.3) is 0 Å². The number of terminal acetylenes is 1. The zero-order chi connectivity index (χ0) is 12.0. The van der Waals surface area contributed by atoms with Gasteiger partial charge < -0.3 is 10.3 Å². The summed E-state index contributed by atoms with van der Waals surface area (Å²) in [5.74, 6) is 2.05. The molecule has 0 aromatic carbocycles. The van der Waals surface area contributed by atoms with Crippen molar-refractivity contribution in [2.45, 2.75) is 25.8 Å². The van der Waals surface area contributed by atoms with Crippen molar-refractivity contribution < 1.29 is 4.79 Å². The third kappa shape index (κ3) is 2.99. The average Bonchev–Trinajstić information content (AvgIpc) is 2.28. The van der Waals surface area contributed by atoms with Crippen LogP contribution in [0.2, 0.25) is 0 Å². The fraction of sp³-hybridized carbons (Fsp3) is 0.333. The number of aromatic amines is 1. The van der Waals surface area contributed by atoms with Crippen molar-refractivity contribution in [1.82, 2.24) is 10.3 Å². The molecule has 0 aliphatic heterocycles. The lowest BCUT2D eigenvalue weighted by Gasteiger charge is -2.11. The molecule has 0 aliphatic rings. The van der Waals surface area contributed by atoms with Crippen LogP contribution in [0.4, 0.5) is 0 Å². The van der Waals surface area contributed by atoms with E-state index in [-0.39, 0.29) is 17.0 Å². The summed E-state index contributed by atoms with van der Waals surface area (Å²) in [7, 11) is 0. The van der Waals surface area contributed by atoms with Gasteiger partial charge in [-0.2, -0.15) is 0 Å². The minimum Gasteiger partial charge on any atom is -0.367 e. The Morgan fingerprint density at radius 1 is 1.69 bits per heavy atom. The van der Waals surface area contributed by atoms with Gasteiger partial charge in [0.05, 0.1) is 6.04 Å². The molecule has 16 heavy (non-hydrogen) atoms. The number of amides is 1. The molecule has 0 fully saturated rings. The summed E-state index contributed by atoms with van der Waals surface area (Å²) in [6.07, 6.45) is 9.70. The smallest absolute Gasteiger partial charge is 0.257 e. The molecule has 1 atom stereocenters. The lowest BCUT2D eigenvalue weighted by atomic mass is 10.1. The molecule has 4 nitrogen and oxygen atoms in total. The van der Waals surface area contributed by atoms with Gasteiger partial charge in [-0.25, -0.2) is 0 Å². The first-order chi connectivity index (χ1) is 7.69. The number of carbonyl (C=O) groups excluding carboxylic acids is 1. The Labute approximate surface area is 94.1 Å². The Morgan fingerprint density at radius 3 is 3.00 bits per heavy atom. The maximum absolute atomic E-state index is 11.7. The first-order valence-electron chi connectivity index (χ1n) is 5.13. The lowest BCUT2D eigenvalue weighted by Crippen LogP contribution is -2.36. The van der Waals surface area contributed by atoms with Gasteiger partial charge in [0.15, 0.2) is 5.43 Å². The quantitative estimate of drug-likeness (QED) is 0.738. The van der Waals surface area contributed by atoms with Gasteiger partial charge in [-0.1, -0.05) is 19.3 Å². The zero-order valence-corrected chi connectivity index (χ0v) is 9.12. The van der Waals surface area contributed by atoms with E-state index in [1.807, 2.05) is 6.92 Å². The van der Waals surface area contributed by atoms with Gasteiger partial charge in [0.2, 0.25) is 0 Å². The molecule has 1 amide bonds. The highest BCUT2D eigenvalue weighted by molar-refractivity contribution is 5.94. The molecule has 0 saturated heterocycles. The van der Waals surface area contributed by atoms with Crippen molar-refractivity contribution in [3.63, 3.8) is 0 Å². The number of aromatic nitrogens is 1. The van der Waals surface area contributed by atoms with Gasteiger partial charge >= 0.3 is 0 Å². The van der Waals surface area contributed by atoms with Gasteiger partial charge in [-0.3, -0.25) is 9.59 Å². The van der Waals surface area contributed by atoms with Crippen LogP contribution in [0.3, 0.4) is 0 Å². The minimum absolute atomic E-state index is 0.0823. The Morgan fingerprint density at radius 2 is 2.44 bits per heavy atom. The van der Waals surface area contributed by atoms with Crippen molar-refractivity contribution in [3.05, 3.63) is 34.2 Å². The summed E-state index contributed by atoms with van der Waals surface area (Å²) in [6, 6.07) is 0.983. The molecular weight excluding hydrogens is 204 g/mol. The average molecular weight is 218 g/mol. The molecule has 0 aliphatic carbocycles. The van der Waals surface area contributed by atoms with Gasteiger partial charge in [0.1, 0.15) is 5.56 Å². The highest BCUT2D eigenvalue weighted by atomic mass is 16.2. The van der Waals surface area contributed by atoms with E-state index in [0.29, 0.717) is 6.42 Å². The van der Waals surface area contributed by atoms with E-state index in [9.17, 15) is 9.59 Å². The first kappa shape index (κ1) is 12.1. The molecule has 84 valence electrons. The molecule has 1 rings (SSSR count). The standard InChI is InChI=1S/C12H14N2O2/c1-3-5-9(4-2)14-12(16)10-8-13-7-6-11(10)15/h2,6-9H,3,5H2,1H3,(H,13,15)(H,14,16). The normalized spacial score (nSPS) is 11.5. The number of nitrogens with one attached hydrogen (secondary N) is 2. The predicted octanol–water partition coefficient (Wildman–Crippen LogP) is 0.907. The third-order valence-corrected chi connectivity index (χ3v) is 2.15. The van der Waals surface area contributed by atoms with Crippen LogP contribution in [0.1, 0.15) is 30.1 Å². The van der Waals surface area contributed by atoms with Crippen LogP contribution in [0.5, 0.6) is 0 Å². The first-order valence-corrected chi connectivity index (χ1v) is 5.13. The van der Waals surface area contributed by atoms with Gasteiger partial charge in [0.25, 0.3) is 5.91 Å².